The maximum atomic E-state index is 12.0. The Morgan fingerprint density at radius 3 is 3.10 bits per heavy atom. The van der Waals surface area contributed by atoms with Crippen LogP contribution in [0.4, 0.5) is 4.79 Å². The van der Waals surface area contributed by atoms with E-state index in [4.69, 9.17) is 4.52 Å². The van der Waals surface area contributed by atoms with Gasteiger partial charge in [0.05, 0.1) is 6.54 Å². The minimum Gasteiger partial charge on any atom is -0.361 e. The van der Waals surface area contributed by atoms with Crippen molar-refractivity contribution in [2.75, 3.05) is 33.2 Å². The second kappa shape index (κ2) is 7.45. The molecule has 1 N–H and O–H groups in total. The molecule has 0 spiro atoms. The Labute approximate surface area is 126 Å². The number of rotatable bonds is 5. The Bertz CT molecular complexity index is 460. The van der Waals surface area contributed by atoms with Crippen LogP contribution in [-0.2, 0) is 6.54 Å². The molecule has 2 rings (SSSR count). The maximum Gasteiger partial charge on any atom is 0.317 e. The van der Waals surface area contributed by atoms with E-state index in [0.717, 1.165) is 37.0 Å². The second-order valence-corrected chi connectivity index (χ2v) is 6.06. The first kappa shape index (κ1) is 15.8. The zero-order valence-corrected chi connectivity index (χ0v) is 13.3. The number of aryl methyl sites for hydroxylation is 1. The molecule has 0 radical (unpaired) electrons. The predicted octanol–water partition coefficient (Wildman–Crippen LogP) is 1.86. The lowest BCUT2D eigenvalue weighted by atomic mass is 10.0. The van der Waals surface area contributed by atoms with Gasteiger partial charge in [0.1, 0.15) is 11.5 Å². The van der Waals surface area contributed by atoms with Crippen molar-refractivity contribution >= 4 is 6.03 Å². The van der Waals surface area contributed by atoms with E-state index in [1.54, 1.807) is 11.9 Å². The lowest BCUT2D eigenvalue weighted by molar-refractivity contribution is 0.178. The van der Waals surface area contributed by atoms with Crippen LogP contribution in [0.3, 0.4) is 0 Å². The SMILES string of the molecule is Cc1cc(CN(C)C(=O)NCCN2CCC[C@@H](C)C2)no1. The molecule has 6 heteroatoms. The topological polar surface area (TPSA) is 61.6 Å². The zero-order chi connectivity index (χ0) is 15.2. The highest BCUT2D eigenvalue weighted by molar-refractivity contribution is 5.73. The van der Waals surface area contributed by atoms with E-state index < -0.39 is 0 Å². The number of carbonyl (C=O) groups is 1. The summed E-state index contributed by atoms with van der Waals surface area (Å²) in [5.74, 6) is 1.53. The normalized spacial score (nSPS) is 19.5. The smallest absolute Gasteiger partial charge is 0.317 e. The van der Waals surface area contributed by atoms with Crippen molar-refractivity contribution < 1.29 is 9.32 Å². The van der Waals surface area contributed by atoms with Gasteiger partial charge in [-0.15, -0.1) is 0 Å². The quantitative estimate of drug-likeness (QED) is 0.900. The Kier molecular flexibility index (Phi) is 5.61. The highest BCUT2D eigenvalue weighted by Gasteiger charge is 2.16. The van der Waals surface area contributed by atoms with Crippen molar-refractivity contribution in [2.24, 2.45) is 5.92 Å². The fourth-order valence-electron chi connectivity index (χ4n) is 2.75. The van der Waals surface area contributed by atoms with Gasteiger partial charge in [-0.25, -0.2) is 4.79 Å². The molecule has 6 nitrogen and oxygen atoms in total. The first-order chi connectivity index (χ1) is 10.0. The Balaban J connectivity index is 1.66. The molecule has 0 unspecified atom stereocenters. The number of hydrogen-bond acceptors (Lipinski definition) is 4. The lowest BCUT2D eigenvalue weighted by Gasteiger charge is -2.30. The third-order valence-corrected chi connectivity index (χ3v) is 3.87. The molecular formula is C15H26N4O2. The van der Waals surface area contributed by atoms with Crippen molar-refractivity contribution in [1.29, 1.82) is 0 Å². The second-order valence-electron chi connectivity index (χ2n) is 6.06. The fourth-order valence-corrected chi connectivity index (χ4v) is 2.75. The van der Waals surface area contributed by atoms with Crippen LogP contribution in [0.5, 0.6) is 0 Å². The molecule has 1 atom stereocenters. The molecule has 21 heavy (non-hydrogen) atoms. The van der Waals surface area contributed by atoms with E-state index in [-0.39, 0.29) is 6.03 Å². The Morgan fingerprint density at radius 2 is 2.43 bits per heavy atom. The maximum absolute atomic E-state index is 12.0. The molecule has 1 aliphatic rings. The summed E-state index contributed by atoms with van der Waals surface area (Å²) in [5, 5.41) is 6.85. The number of piperidine rings is 1. The van der Waals surface area contributed by atoms with Crippen LogP contribution >= 0.6 is 0 Å². The zero-order valence-electron chi connectivity index (χ0n) is 13.3. The number of likely N-dealkylation sites (tertiary alicyclic amines) is 1. The van der Waals surface area contributed by atoms with Gasteiger partial charge in [0.25, 0.3) is 0 Å². The number of nitrogens with zero attached hydrogens (tertiary/aromatic N) is 3. The molecule has 0 bridgehead atoms. The van der Waals surface area contributed by atoms with Crippen molar-refractivity contribution in [2.45, 2.75) is 33.2 Å². The highest BCUT2D eigenvalue weighted by Crippen LogP contribution is 2.14. The average molecular weight is 294 g/mol. The van der Waals surface area contributed by atoms with E-state index in [0.29, 0.717) is 13.1 Å². The third-order valence-electron chi connectivity index (χ3n) is 3.87. The van der Waals surface area contributed by atoms with Gasteiger partial charge in [-0.1, -0.05) is 12.1 Å². The molecule has 2 heterocycles. The van der Waals surface area contributed by atoms with Crippen molar-refractivity contribution in [1.82, 2.24) is 20.3 Å². The van der Waals surface area contributed by atoms with E-state index in [2.05, 4.69) is 22.3 Å². The molecule has 118 valence electrons. The molecule has 1 aromatic heterocycles. The molecular weight excluding hydrogens is 268 g/mol. The van der Waals surface area contributed by atoms with Crippen LogP contribution in [0.2, 0.25) is 0 Å². The molecule has 1 aromatic rings. The summed E-state index contributed by atoms with van der Waals surface area (Å²) in [6, 6.07) is 1.78. The van der Waals surface area contributed by atoms with Gasteiger partial charge in [-0.05, 0) is 32.2 Å². The summed E-state index contributed by atoms with van der Waals surface area (Å²) in [4.78, 5) is 16.0. The molecule has 0 aromatic carbocycles. The average Bonchev–Trinajstić information content (AvgIpc) is 2.84. The summed E-state index contributed by atoms with van der Waals surface area (Å²) < 4.78 is 5.00. The summed E-state index contributed by atoms with van der Waals surface area (Å²) in [7, 11) is 1.77. The Hall–Kier alpha value is -1.56. The standard InChI is InChI=1S/C15H26N4O2/c1-12-5-4-7-19(10-12)8-6-16-15(20)18(3)11-14-9-13(2)21-17-14/h9,12H,4-8,10-11H2,1-3H3,(H,16,20)/t12-/m1/s1. The minimum atomic E-state index is -0.0688. The van der Waals surface area contributed by atoms with Crippen molar-refractivity contribution in [3.8, 4) is 0 Å². The van der Waals surface area contributed by atoms with Crippen LogP contribution in [0, 0.1) is 12.8 Å². The molecule has 0 aliphatic carbocycles. The Morgan fingerprint density at radius 1 is 1.62 bits per heavy atom. The highest BCUT2D eigenvalue weighted by atomic mass is 16.5. The van der Waals surface area contributed by atoms with Crippen LogP contribution in [-0.4, -0.2) is 54.2 Å². The summed E-state index contributed by atoms with van der Waals surface area (Å²) in [6.07, 6.45) is 2.59. The van der Waals surface area contributed by atoms with Gasteiger partial charge < -0.3 is 19.6 Å². The minimum absolute atomic E-state index is 0.0688. The molecule has 0 saturated carbocycles. The molecule has 1 aliphatic heterocycles. The number of aromatic nitrogens is 1. The number of hydrogen-bond donors (Lipinski definition) is 1. The third kappa shape index (κ3) is 5.04. The summed E-state index contributed by atoms with van der Waals surface area (Å²) in [6.45, 7) is 8.50. The fraction of sp³-hybridized carbons (Fsp3) is 0.733. The number of carbonyl (C=O) groups excluding carboxylic acids is 1. The van der Waals surface area contributed by atoms with Gasteiger partial charge in [-0.2, -0.15) is 0 Å². The van der Waals surface area contributed by atoms with E-state index in [1.165, 1.54) is 12.8 Å². The van der Waals surface area contributed by atoms with Gasteiger partial charge in [0, 0.05) is 32.7 Å². The van der Waals surface area contributed by atoms with Crippen molar-refractivity contribution in [3.05, 3.63) is 17.5 Å². The molecule has 1 fully saturated rings. The lowest BCUT2D eigenvalue weighted by Crippen LogP contribution is -2.43. The van der Waals surface area contributed by atoms with E-state index in [1.807, 2.05) is 13.0 Å². The van der Waals surface area contributed by atoms with Crippen LogP contribution in [0.1, 0.15) is 31.2 Å². The monoisotopic (exact) mass is 294 g/mol. The predicted molar refractivity (Wildman–Crippen MR) is 80.9 cm³/mol. The summed E-state index contributed by atoms with van der Waals surface area (Å²) >= 11 is 0. The number of nitrogens with one attached hydrogen (secondary N) is 1. The van der Waals surface area contributed by atoms with Crippen molar-refractivity contribution in [3.63, 3.8) is 0 Å². The van der Waals surface area contributed by atoms with E-state index >= 15 is 0 Å². The van der Waals surface area contributed by atoms with Crippen LogP contribution in [0.25, 0.3) is 0 Å². The van der Waals surface area contributed by atoms with Gasteiger partial charge in [0.2, 0.25) is 0 Å². The van der Waals surface area contributed by atoms with Gasteiger partial charge >= 0.3 is 6.03 Å². The number of amides is 2. The van der Waals surface area contributed by atoms with E-state index in [9.17, 15) is 4.79 Å². The van der Waals surface area contributed by atoms with Crippen LogP contribution < -0.4 is 5.32 Å². The van der Waals surface area contributed by atoms with Gasteiger partial charge in [0.15, 0.2) is 0 Å². The van der Waals surface area contributed by atoms with Crippen LogP contribution in [0.15, 0.2) is 10.6 Å². The summed E-state index contributed by atoms with van der Waals surface area (Å²) in [5.41, 5.74) is 0.773. The number of urea groups is 1. The molecule has 1 saturated heterocycles. The molecule has 2 amide bonds. The van der Waals surface area contributed by atoms with Gasteiger partial charge in [-0.3, -0.25) is 0 Å². The first-order valence-corrected chi connectivity index (χ1v) is 7.68. The first-order valence-electron chi connectivity index (χ1n) is 7.68. The largest absolute Gasteiger partial charge is 0.361 e.